The Balaban J connectivity index is 1.68. The first kappa shape index (κ1) is 22.8. The van der Waals surface area contributed by atoms with Gasteiger partial charge >= 0.3 is 12.0 Å². The van der Waals surface area contributed by atoms with Gasteiger partial charge < -0.3 is 36.7 Å². The molecule has 2 aromatic rings. The molecule has 2 heterocycles. The van der Waals surface area contributed by atoms with E-state index in [1.165, 1.54) is 18.2 Å². The first-order valence-corrected chi connectivity index (χ1v) is 9.93. The molecule has 10 N–H and O–H groups in total. The third-order valence-corrected chi connectivity index (χ3v) is 4.58. The van der Waals surface area contributed by atoms with Crippen molar-refractivity contribution in [2.75, 3.05) is 11.9 Å². The van der Waals surface area contributed by atoms with Crippen molar-refractivity contribution in [2.24, 2.45) is 21.5 Å². The number of nitrogens with one attached hydrogen (secondary N) is 5. The lowest BCUT2D eigenvalue weighted by Gasteiger charge is -2.25. The molecule has 0 radical (unpaired) electrons. The molecule has 0 aromatic heterocycles. The van der Waals surface area contributed by atoms with E-state index < -0.39 is 17.7 Å². The second-order valence-corrected chi connectivity index (χ2v) is 7.13. The zero-order chi connectivity index (χ0) is 25.1. The molecule has 0 unspecified atom stereocenters. The number of carbonyl (C=O) groups excluding carboxylic acids is 1. The van der Waals surface area contributed by atoms with Crippen molar-refractivity contribution in [3.63, 3.8) is 0 Å². The quantitative estimate of drug-likeness (QED) is 0.208. The number of carbonyl (C=O) groups is 2. The zero-order valence-corrected chi connectivity index (χ0v) is 17.9. The van der Waals surface area contributed by atoms with Crippen LogP contribution in [0.3, 0.4) is 0 Å². The number of aliphatic imine (C=N–C) groups is 2. The Morgan fingerprint density at radius 1 is 1.06 bits per heavy atom. The van der Waals surface area contributed by atoms with Gasteiger partial charge in [0.2, 0.25) is 5.91 Å². The number of amides is 1. The fourth-order valence-corrected chi connectivity index (χ4v) is 3.14. The maximum Gasteiger partial charge on any atom is 0.336 e. The Hall–Kier alpha value is -5.40. The molecule has 14 heteroatoms. The van der Waals surface area contributed by atoms with E-state index in [-0.39, 0.29) is 52.8 Å². The fourth-order valence-electron chi connectivity index (χ4n) is 3.14. The molecule has 0 atom stereocenters. The highest BCUT2D eigenvalue weighted by atomic mass is 16.5. The van der Waals surface area contributed by atoms with Gasteiger partial charge in [0.25, 0.3) is 5.88 Å². The molecule has 178 valence electrons. The molecular weight excluding hydrogens is 458 g/mol. The summed E-state index contributed by atoms with van der Waals surface area (Å²) in [5.41, 5.74) is 11.2. The number of fused-ring (bicyclic) bond motifs is 1. The van der Waals surface area contributed by atoms with Crippen molar-refractivity contribution in [3.05, 3.63) is 65.2 Å². The van der Waals surface area contributed by atoms with Crippen molar-refractivity contribution in [1.29, 1.82) is 10.8 Å². The largest absolute Gasteiger partial charge is 0.478 e. The lowest BCUT2D eigenvalue weighted by Crippen LogP contribution is -2.48. The maximum absolute atomic E-state index is 11.9. The van der Waals surface area contributed by atoms with E-state index in [1.54, 1.807) is 24.3 Å². The van der Waals surface area contributed by atoms with E-state index in [2.05, 4.69) is 25.9 Å². The number of hydrogen-bond donors (Lipinski definition) is 8. The van der Waals surface area contributed by atoms with Gasteiger partial charge in [-0.25, -0.2) is 4.79 Å². The predicted octanol–water partition coefficient (Wildman–Crippen LogP) is 0.0886. The molecule has 4 rings (SSSR count). The first-order chi connectivity index (χ1) is 16.7. The van der Waals surface area contributed by atoms with Gasteiger partial charge in [-0.2, -0.15) is 4.99 Å². The second kappa shape index (κ2) is 9.22. The van der Waals surface area contributed by atoms with E-state index in [9.17, 15) is 14.7 Å². The lowest BCUT2D eigenvalue weighted by atomic mass is 10.1. The molecule has 0 bridgehead atoms. The van der Waals surface area contributed by atoms with Gasteiger partial charge in [0.1, 0.15) is 29.6 Å². The van der Waals surface area contributed by atoms with Crippen molar-refractivity contribution < 1.29 is 24.2 Å². The molecule has 0 saturated carbocycles. The van der Waals surface area contributed by atoms with Gasteiger partial charge in [0.15, 0.2) is 11.8 Å². The number of nitrogens with zero attached hydrogens (tertiary/aromatic N) is 2. The van der Waals surface area contributed by atoms with E-state index in [1.807, 2.05) is 0 Å². The smallest absolute Gasteiger partial charge is 0.336 e. The van der Waals surface area contributed by atoms with E-state index in [0.29, 0.717) is 11.4 Å². The third-order valence-electron chi connectivity index (χ3n) is 4.58. The monoisotopic (exact) mass is 477 g/mol. The number of aromatic carboxylic acids is 1. The molecular formula is C21H19N9O5. The molecule has 0 spiro atoms. The topological polar surface area (TPSA) is 233 Å². The van der Waals surface area contributed by atoms with Crippen LogP contribution in [0, 0.1) is 10.8 Å². The minimum Gasteiger partial charge on any atom is -0.478 e. The third kappa shape index (κ3) is 5.16. The SMILES string of the molecule is N=C(N)Nc1cccc(OC2=NC(Oc3ccc(C(=N)N)c(C(=O)O)c3)=C3NC(=O)CN=C3N2)c1. The minimum absolute atomic E-state index is 0.0209. The van der Waals surface area contributed by atoms with Gasteiger partial charge in [-0.1, -0.05) is 6.07 Å². The lowest BCUT2D eigenvalue weighted by molar-refractivity contribution is -0.119. The molecule has 2 aliphatic heterocycles. The summed E-state index contributed by atoms with van der Waals surface area (Å²) in [6, 6.07) is 10.5. The summed E-state index contributed by atoms with van der Waals surface area (Å²) in [5, 5.41) is 32.5. The number of hydrogen-bond acceptors (Lipinski definition) is 9. The van der Waals surface area contributed by atoms with Crippen LogP contribution in [0.2, 0.25) is 0 Å². The first-order valence-electron chi connectivity index (χ1n) is 9.93. The van der Waals surface area contributed by atoms with Crippen LogP contribution in [0.5, 0.6) is 11.5 Å². The Morgan fingerprint density at radius 3 is 2.54 bits per heavy atom. The van der Waals surface area contributed by atoms with Crippen LogP contribution < -0.4 is 36.9 Å². The van der Waals surface area contributed by atoms with Crippen LogP contribution in [0.15, 0.2) is 64.0 Å². The molecule has 35 heavy (non-hydrogen) atoms. The highest BCUT2D eigenvalue weighted by molar-refractivity contribution is 6.13. The number of ether oxygens (including phenoxy) is 2. The number of carboxylic acid groups (broad SMARTS) is 1. The van der Waals surface area contributed by atoms with Crippen LogP contribution in [0.25, 0.3) is 0 Å². The summed E-state index contributed by atoms with van der Waals surface area (Å²) in [4.78, 5) is 31.9. The number of nitrogens with two attached hydrogens (primary N) is 2. The number of anilines is 1. The van der Waals surface area contributed by atoms with Gasteiger partial charge in [0, 0.05) is 17.3 Å². The average Bonchev–Trinajstić information content (AvgIpc) is 2.79. The number of benzene rings is 2. The summed E-state index contributed by atoms with van der Waals surface area (Å²) < 4.78 is 11.6. The molecule has 1 amide bonds. The molecule has 2 aromatic carbocycles. The van der Waals surface area contributed by atoms with Crippen molar-refractivity contribution in [2.45, 2.75) is 0 Å². The Kier molecular flexibility index (Phi) is 6.00. The number of carboxylic acids is 1. The number of nitrogen functional groups attached to an aromatic ring is 1. The van der Waals surface area contributed by atoms with Crippen LogP contribution in [-0.4, -0.2) is 47.2 Å². The standard InChI is InChI=1S/C21H19N9O5/c22-16(23)12-5-4-11(7-13(12)19(32)33)34-18-15-17(26-8-14(31)28-15)29-21(30-18)35-10-3-1-2-9(6-10)27-20(24)25/h1-7H,8H2,(H3,22,23)(H,28,31)(H,32,33)(H4,24,25,27)(H,26,29,30). The Labute approximate surface area is 197 Å². The van der Waals surface area contributed by atoms with Gasteiger partial charge in [0.05, 0.1) is 5.56 Å². The fraction of sp³-hybridized carbons (Fsp3) is 0.0476. The molecule has 0 saturated heterocycles. The molecule has 0 fully saturated rings. The van der Waals surface area contributed by atoms with E-state index in [0.717, 1.165) is 0 Å². The number of guanidine groups is 1. The second-order valence-electron chi connectivity index (χ2n) is 7.13. The van der Waals surface area contributed by atoms with Crippen LogP contribution in [-0.2, 0) is 4.79 Å². The molecule has 2 aliphatic rings. The van der Waals surface area contributed by atoms with Gasteiger partial charge in [-0.05, 0) is 30.3 Å². The zero-order valence-electron chi connectivity index (χ0n) is 17.9. The Bertz CT molecular complexity index is 1360. The van der Waals surface area contributed by atoms with Crippen molar-refractivity contribution in [1.82, 2.24) is 10.6 Å². The Morgan fingerprint density at radius 2 is 1.83 bits per heavy atom. The highest BCUT2D eigenvalue weighted by Gasteiger charge is 2.29. The molecule has 0 aliphatic carbocycles. The number of rotatable bonds is 6. The van der Waals surface area contributed by atoms with Crippen molar-refractivity contribution >= 4 is 41.2 Å². The summed E-state index contributed by atoms with van der Waals surface area (Å²) in [6.45, 7) is -0.138. The maximum atomic E-state index is 11.9. The van der Waals surface area contributed by atoms with Gasteiger partial charge in [-0.15, -0.1) is 0 Å². The van der Waals surface area contributed by atoms with Crippen LogP contribution in [0.1, 0.15) is 15.9 Å². The minimum atomic E-state index is -1.30. The van der Waals surface area contributed by atoms with Crippen molar-refractivity contribution in [3.8, 4) is 11.5 Å². The summed E-state index contributed by atoms with van der Waals surface area (Å²) in [5.74, 6) is -1.85. The van der Waals surface area contributed by atoms with Crippen LogP contribution in [0.4, 0.5) is 5.69 Å². The highest BCUT2D eigenvalue weighted by Crippen LogP contribution is 2.24. The normalized spacial score (nSPS) is 14.5. The van der Waals surface area contributed by atoms with Gasteiger partial charge in [-0.3, -0.25) is 25.9 Å². The molecule has 14 nitrogen and oxygen atoms in total. The summed E-state index contributed by atoms with van der Waals surface area (Å²) in [7, 11) is 0. The van der Waals surface area contributed by atoms with E-state index >= 15 is 0 Å². The summed E-state index contributed by atoms with van der Waals surface area (Å²) in [6.07, 6.45) is 0. The predicted molar refractivity (Wildman–Crippen MR) is 126 cm³/mol. The van der Waals surface area contributed by atoms with Crippen LogP contribution >= 0.6 is 0 Å². The average molecular weight is 477 g/mol. The number of amidine groups is 3. The summed E-state index contributed by atoms with van der Waals surface area (Å²) >= 11 is 0. The van der Waals surface area contributed by atoms with E-state index in [4.69, 9.17) is 31.8 Å².